The molecule has 1 atom stereocenters. The highest BCUT2D eigenvalue weighted by atomic mass is 35.5. The molecule has 1 unspecified atom stereocenters. The Bertz CT molecular complexity index is 1230. The first-order valence-electron chi connectivity index (χ1n) is 10.7. The van der Waals surface area contributed by atoms with Crippen LogP contribution in [0.5, 0.6) is 11.5 Å². The molecule has 0 radical (unpaired) electrons. The van der Waals surface area contributed by atoms with Gasteiger partial charge in [0.05, 0.1) is 20.3 Å². The third kappa shape index (κ3) is 4.43. The van der Waals surface area contributed by atoms with Gasteiger partial charge in [-0.25, -0.2) is 9.18 Å². The minimum Gasteiger partial charge on any atom is -0.493 e. The lowest BCUT2D eigenvalue weighted by Crippen LogP contribution is -2.43. The third-order valence-electron chi connectivity index (χ3n) is 5.95. The Hall–Kier alpha value is -3.58. The summed E-state index contributed by atoms with van der Waals surface area (Å²) in [6, 6.07) is 13.5. The van der Waals surface area contributed by atoms with Crippen LogP contribution in [-0.4, -0.2) is 37.5 Å². The van der Waals surface area contributed by atoms with E-state index in [-0.39, 0.29) is 16.4 Å². The standard InChI is InChI=1S/C26H24ClFN2O4/c1-15(31)16-7-9-18(10-8-16)29-26(32)30-12-11-17-13-22(33-2)23(34-3)14-19(17)25(30)24-20(27)5-4-6-21(24)28/h4-10,13-14,25H,11-12H2,1-3H3,(H,29,32). The molecule has 0 aromatic heterocycles. The molecule has 0 aliphatic carbocycles. The fourth-order valence-electron chi connectivity index (χ4n) is 4.23. The third-order valence-corrected chi connectivity index (χ3v) is 6.28. The number of urea groups is 1. The van der Waals surface area contributed by atoms with Gasteiger partial charge in [0.25, 0.3) is 0 Å². The SMILES string of the molecule is COc1cc2c(cc1OC)C(c1c(F)cccc1Cl)N(C(=O)Nc1ccc(C(C)=O)cc1)CC2. The maximum Gasteiger partial charge on any atom is 0.322 e. The van der Waals surface area contributed by atoms with Gasteiger partial charge in [-0.1, -0.05) is 17.7 Å². The summed E-state index contributed by atoms with van der Waals surface area (Å²) in [7, 11) is 3.07. The van der Waals surface area contributed by atoms with E-state index in [4.69, 9.17) is 21.1 Å². The van der Waals surface area contributed by atoms with E-state index in [0.29, 0.717) is 41.3 Å². The molecule has 1 heterocycles. The second-order valence-corrected chi connectivity index (χ2v) is 8.36. The number of halogens is 2. The number of methoxy groups -OCH3 is 2. The second-order valence-electron chi connectivity index (χ2n) is 7.95. The molecule has 3 aromatic carbocycles. The summed E-state index contributed by atoms with van der Waals surface area (Å²) >= 11 is 6.45. The first kappa shape index (κ1) is 23.6. The van der Waals surface area contributed by atoms with E-state index in [1.807, 2.05) is 6.07 Å². The number of hydrogen-bond acceptors (Lipinski definition) is 4. The average molecular weight is 483 g/mol. The van der Waals surface area contributed by atoms with Crippen LogP contribution in [0.1, 0.15) is 40.0 Å². The van der Waals surface area contributed by atoms with Gasteiger partial charge in [0.15, 0.2) is 17.3 Å². The summed E-state index contributed by atoms with van der Waals surface area (Å²) in [5.41, 5.74) is 2.89. The van der Waals surface area contributed by atoms with Gasteiger partial charge in [-0.3, -0.25) is 4.79 Å². The molecule has 1 aliphatic heterocycles. The van der Waals surface area contributed by atoms with Gasteiger partial charge >= 0.3 is 6.03 Å². The summed E-state index contributed by atoms with van der Waals surface area (Å²) < 4.78 is 26.0. The monoisotopic (exact) mass is 482 g/mol. The van der Waals surface area contributed by atoms with E-state index in [9.17, 15) is 9.59 Å². The van der Waals surface area contributed by atoms with Gasteiger partial charge in [-0.15, -0.1) is 0 Å². The lowest BCUT2D eigenvalue weighted by molar-refractivity contribution is 0.101. The molecule has 6 nitrogen and oxygen atoms in total. The molecule has 0 saturated carbocycles. The van der Waals surface area contributed by atoms with Crippen molar-refractivity contribution in [2.45, 2.75) is 19.4 Å². The van der Waals surface area contributed by atoms with Gasteiger partial charge in [0, 0.05) is 28.4 Å². The first-order chi connectivity index (χ1) is 16.3. The Morgan fingerprint density at radius 2 is 1.74 bits per heavy atom. The van der Waals surface area contributed by atoms with E-state index >= 15 is 4.39 Å². The van der Waals surface area contributed by atoms with E-state index in [0.717, 1.165) is 5.56 Å². The molecule has 0 bridgehead atoms. The highest BCUT2D eigenvalue weighted by Gasteiger charge is 2.36. The van der Waals surface area contributed by atoms with Gasteiger partial charge in [0.1, 0.15) is 5.82 Å². The Labute approximate surface area is 202 Å². The van der Waals surface area contributed by atoms with Gasteiger partial charge < -0.3 is 19.7 Å². The predicted molar refractivity (Wildman–Crippen MR) is 129 cm³/mol. The maximum atomic E-state index is 15.1. The highest BCUT2D eigenvalue weighted by Crippen LogP contribution is 2.43. The van der Waals surface area contributed by atoms with Crippen molar-refractivity contribution in [3.63, 3.8) is 0 Å². The topological polar surface area (TPSA) is 67.9 Å². The van der Waals surface area contributed by atoms with E-state index in [1.165, 1.54) is 26.2 Å². The number of nitrogens with one attached hydrogen (secondary N) is 1. The van der Waals surface area contributed by atoms with Crippen molar-refractivity contribution >= 4 is 29.1 Å². The van der Waals surface area contributed by atoms with E-state index < -0.39 is 17.9 Å². The Kier molecular flexibility index (Phi) is 6.75. The number of nitrogens with zero attached hydrogens (tertiary/aromatic N) is 1. The normalized spacial score (nSPS) is 14.9. The van der Waals surface area contributed by atoms with Gasteiger partial charge in [-0.05, 0) is 73.0 Å². The Morgan fingerprint density at radius 1 is 1.06 bits per heavy atom. The van der Waals surface area contributed by atoms with Gasteiger partial charge in [-0.2, -0.15) is 0 Å². The van der Waals surface area contributed by atoms with Crippen LogP contribution in [0.4, 0.5) is 14.9 Å². The molecular formula is C26H24ClFN2O4. The van der Waals surface area contributed by atoms with E-state index in [1.54, 1.807) is 48.4 Å². The van der Waals surface area contributed by atoms with Crippen molar-refractivity contribution in [3.8, 4) is 11.5 Å². The number of ketones is 1. The van der Waals surface area contributed by atoms with Crippen molar-refractivity contribution in [1.29, 1.82) is 0 Å². The van der Waals surface area contributed by atoms with Crippen LogP contribution in [0.3, 0.4) is 0 Å². The molecule has 2 amide bonds. The summed E-state index contributed by atoms with van der Waals surface area (Å²) in [5.74, 6) is 0.455. The van der Waals surface area contributed by atoms with Crippen molar-refractivity contribution in [2.24, 2.45) is 0 Å². The summed E-state index contributed by atoms with van der Waals surface area (Å²) in [6.07, 6.45) is 0.537. The smallest absolute Gasteiger partial charge is 0.322 e. The van der Waals surface area contributed by atoms with Crippen LogP contribution in [0.25, 0.3) is 0 Å². The van der Waals surface area contributed by atoms with Crippen molar-refractivity contribution in [2.75, 3.05) is 26.1 Å². The number of carbonyl (C=O) groups excluding carboxylic acids is 2. The quantitative estimate of drug-likeness (QED) is 0.461. The number of Topliss-reactive ketones (excluding diaryl/α,β-unsaturated/α-hetero) is 1. The number of ether oxygens (including phenoxy) is 2. The van der Waals surface area contributed by atoms with Crippen LogP contribution in [-0.2, 0) is 6.42 Å². The number of benzene rings is 3. The molecule has 1 N–H and O–H groups in total. The number of rotatable bonds is 5. The Morgan fingerprint density at radius 3 is 2.35 bits per heavy atom. The fourth-order valence-corrected chi connectivity index (χ4v) is 4.50. The minimum atomic E-state index is -0.784. The maximum absolute atomic E-state index is 15.1. The molecule has 0 spiro atoms. The van der Waals surface area contributed by atoms with E-state index in [2.05, 4.69) is 5.32 Å². The molecule has 4 rings (SSSR count). The lowest BCUT2D eigenvalue weighted by atomic mass is 9.87. The zero-order valence-electron chi connectivity index (χ0n) is 19.0. The number of anilines is 1. The van der Waals surface area contributed by atoms with Crippen LogP contribution in [0.15, 0.2) is 54.6 Å². The largest absolute Gasteiger partial charge is 0.493 e. The fraction of sp³-hybridized carbons (Fsp3) is 0.231. The summed E-state index contributed by atoms with van der Waals surface area (Å²) in [4.78, 5) is 26.5. The lowest BCUT2D eigenvalue weighted by Gasteiger charge is -2.38. The summed E-state index contributed by atoms with van der Waals surface area (Å²) in [5, 5.41) is 3.07. The molecule has 1 aliphatic rings. The highest BCUT2D eigenvalue weighted by molar-refractivity contribution is 6.31. The van der Waals surface area contributed by atoms with Gasteiger partial charge in [0.2, 0.25) is 0 Å². The zero-order chi connectivity index (χ0) is 24.4. The van der Waals surface area contributed by atoms with Crippen LogP contribution >= 0.6 is 11.6 Å². The van der Waals surface area contributed by atoms with Crippen molar-refractivity contribution in [1.82, 2.24) is 4.90 Å². The van der Waals surface area contributed by atoms with Crippen molar-refractivity contribution < 1.29 is 23.5 Å². The number of amides is 2. The second kappa shape index (κ2) is 9.73. The van der Waals surface area contributed by atoms with Crippen LogP contribution in [0.2, 0.25) is 5.02 Å². The first-order valence-corrected chi connectivity index (χ1v) is 11.1. The minimum absolute atomic E-state index is 0.0656. The summed E-state index contributed by atoms with van der Waals surface area (Å²) in [6.45, 7) is 1.81. The molecule has 34 heavy (non-hydrogen) atoms. The zero-order valence-corrected chi connectivity index (χ0v) is 19.8. The molecule has 176 valence electrons. The molecular weight excluding hydrogens is 459 g/mol. The average Bonchev–Trinajstić information content (AvgIpc) is 2.83. The molecule has 0 saturated heterocycles. The molecule has 3 aromatic rings. The van der Waals surface area contributed by atoms with Crippen LogP contribution in [0, 0.1) is 5.82 Å². The molecule has 8 heteroatoms. The Balaban J connectivity index is 1.77. The number of hydrogen-bond donors (Lipinski definition) is 1. The van der Waals surface area contributed by atoms with Crippen LogP contribution < -0.4 is 14.8 Å². The van der Waals surface area contributed by atoms with Crippen molar-refractivity contribution in [3.05, 3.63) is 87.7 Å². The number of carbonyl (C=O) groups is 2. The molecule has 0 fully saturated rings. The number of fused-ring (bicyclic) bond motifs is 1. The predicted octanol–water partition coefficient (Wildman–Crippen LogP) is 5.88.